The third kappa shape index (κ3) is 4.82. The van der Waals surface area contributed by atoms with E-state index in [9.17, 15) is 14.0 Å². The molecule has 0 saturated carbocycles. The van der Waals surface area contributed by atoms with E-state index in [1.807, 2.05) is 6.92 Å². The Kier molecular flexibility index (Phi) is 6.74. The molecule has 2 rings (SSSR count). The molecule has 0 aliphatic heterocycles. The number of aromatic nitrogens is 2. The molecule has 2 aromatic rings. The van der Waals surface area contributed by atoms with Crippen LogP contribution in [0.1, 0.15) is 42.7 Å². The fourth-order valence-electron chi connectivity index (χ4n) is 2.32. The zero-order valence-corrected chi connectivity index (χ0v) is 15.6. The van der Waals surface area contributed by atoms with Crippen LogP contribution in [0.4, 0.5) is 10.1 Å². The van der Waals surface area contributed by atoms with E-state index < -0.39 is 23.8 Å². The maximum atomic E-state index is 13.2. The fourth-order valence-corrected chi connectivity index (χ4v) is 2.66. The van der Waals surface area contributed by atoms with Gasteiger partial charge in [-0.3, -0.25) is 9.48 Å². The number of carbonyl (C=O) groups is 2. The molecule has 0 unspecified atom stereocenters. The summed E-state index contributed by atoms with van der Waals surface area (Å²) < 4.78 is 19.9. The molecule has 1 aromatic heterocycles. The number of aryl methyl sites for hydroxylation is 2. The van der Waals surface area contributed by atoms with Gasteiger partial charge in [0.25, 0.3) is 5.91 Å². The van der Waals surface area contributed by atoms with Crippen molar-refractivity contribution in [2.75, 3.05) is 5.32 Å². The van der Waals surface area contributed by atoms with Crippen molar-refractivity contribution in [1.29, 1.82) is 0 Å². The number of hydrogen-bond donors (Lipinski definition) is 1. The molecule has 0 bridgehead atoms. The van der Waals surface area contributed by atoms with Crippen LogP contribution in [0.3, 0.4) is 0 Å². The smallest absolute Gasteiger partial charge is 0.343 e. The number of hydrogen-bond acceptors (Lipinski definition) is 4. The highest BCUT2D eigenvalue weighted by Gasteiger charge is 2.25. The van der Waals surface area contributed by atoms with Crippen molar-refractivity contribution in [3.8, 4) is 0 Å². The maximum absolute atomic E-state index is 13.2. The summed E-state index contributed by atoms with van der Waals surface area (Å²) in [4.78, 5) is 24.5. The third-order valence-corrected chi connectivity index (χ3v) is 4.12. The number of ether oxygens (including phenoxy) is 1. The summed E-state index contributed by atoms with van der Waals surface area (Å²) in [5, 5.41) is 6.92. The molecular formula is C18H21ClFN3O3. The molecule has 26 heavy (non-hydrogen) atoms. The zero-order valence-electron chi connectivity index (χ0n) is 14.9. The molecule has 0 spiro atoms. The first-order chi connectivity index (χ1) is 12.3. The SMILES string of the molecule is CCCCn1nc(C)c(C(=O)O[C@H](C)C(=O)Nc2cccc(F)c2)c1Cl. The van der Waals surface area contributed by atoms with Crippen LogP contribution < -0.4 is 5.32 Å². The fraction of sp³-hybridized carbons (Fsp3) is 0.389. The van der Waals surface area contributed by atoms with E-state index in [0.717, 1.165) is 12.8 Å². The molecule has 8 heteroatoms. The summed E-state index contributed by atoms with van der Waals surface area (Å²) in [7, 11) is 0. The first-order valence-corrected chi connectivity index (χ1v) is 8.71. The van der Waals surface area contributed by atoms with E-state index in [1.165, 1.54) is 31.2 Å². The molecule has 6 nitrogen and oxygen atoms in total. The first-order valence-electron chi connectivity index (χ1n) is 8.33. The summed E-state index contributed by atoms with van der Waals surface area (Å²) >= 11 is 6.23. The van der Waals surface area contributed by atoms with Gasteiger partial charge < -0.3 is 10.1 Å². The second kappa shape index (κ2) is 8.80. The van der Waals surface area contributed by atoms with Crippen LogP contribution >= 0.6 is 11.6 Å². The second-order valence-electron chi connectivity index (χ2n) is 5.88. The minimum Gasteiger partial charge on any atom is -0.449 e. The molecule has 0 saturated heterocycles. The highest BCUT2D eigenvalue weighted by molar-refractivity contribution is 6.32. The predicted octanol–water partition coefficient (Wildman–Crippen LogP) is 3.97. The average Bonchev–Trinajstić information content (AvgIpc) is 2.86. The largest absolute Gasteiger partial charge is 0.449 e. The average molecular weight is 382 g/mol. The quantitative estimate of drug-likeness (QED) is 0.736. The number of unbranched alkanes of at least 4 members (excludes halogenated alkanes) is 1. The van der Waals surface area contributed by atoms with Crippen molar-refractivity contribution >= 4 is 29.2 Å². The predicted molar refractivity (Wildman–Crippen MR) is 96.8 cm³/mol. The number of esters is 1. The summed E-state index contributed by atoms with van der Waals surface area (Å²) in [5.74, 6) is -1.78. The van der Waals surface area contributed by atoms with Gasteiger partial charge in [0.15, 0.2) is 6.10 Å². The van der Waals surface area contributed by atoms with Gasteiger partial charge >= 0.3 is 5.97 Å². The van der Waals surface area contributed by atoms with Crippen LogP contribution in [-0.4, -0.2) is 27.8 Å². The number of amides is 1. The minimum absolute atomic E-state index is 0.146. The molecule has 1 heterocycles. The van der Waals surface area contributed by atoms with Crippen LogP contribution in [0.5, 0.6) is 0 Å². The highest BCUT2D eigenvalue weighted by Crippen LogP contribution is 2.22. The molecule has 1 N–H and O–H groups in total. The Bertz CT molecular complexity index is 807. The lowest BCUT2D eigenvalue weighted by molar-refractivity contribution is -0.123. The van der Waals surface area contributed by atoms with Gasteiger partial charge in [0, 0.05) is 12.2 Å². The van der Waals surface area contributed by atoms with Crippen molar-refractivity contribution in [2.24, 2.45) is 0 Å². The van der Waals surface area contributed by atoms with Crippen molar-refractivity contribution in [3.05, 3.63) is 46.5 Å². The van der Waals surface area contributed by atoms with Crippen molar-refractivity contribution in [1.82, 2.24) is 9.78 Å². The van der Waals surface area contributed by atoms with Crippen LogP contribution in [0.25, 0.3) is 0 Å². The van der Waals surface area contributed by atoms with Gasteiger partial charge in [-0.2, -0.15) is 5.10 Å². The third-order valence-electron chi connectivity index (χ3n) is 3.74. The molecule has 0 aliphatic carbocycles. The van der Waals surface area contributed by atoms with E-state index in [4.69, 9.17) is 16.3 Å². The van der Waals surface area contributed by atoms with Gasteiger partial charge in [-0.05, 0) is 38.5 Å². The van der Waals surface area contributed by atoms with E-state index in [-0.39, 0.29) is 16.4 Å². The van der Waals surface area contributed by atoms with Crippen molar-refractivity contribution in [3.63, 3.8) is 0 Å². The molecule has 0 fully saturated rings. The Hall–Kier alpha value is -2.41. The number of anilines is 1. The van der Waals surface area contributed by atoms with Gasteiger partial charge in [0.05, 0.1) is 5.69 Å². The number of nitrogens with one attached hydrogen (secondary N) is 1. The summed E-state index contributed by atoms with van der Waals surface area (Å²) in [6.07, 6.45) is 0.758. The van der Waals surface area contributed by atoms with Crippen LogP contribution in [0, 0.1) is 12.7 Å². The molecular weight excluding hydrogens is 361 g/mol. The minimum atomic E-state index is -1.08. The Morgan fingerprint density at radius 3 is 2.81 bits per heavy atom. The topological polar surface area (TPSA) is 73.2 Å². The standard InChI is InChI=1S/C18H21ClFN3O3/c1-4-5-9-23-16(19)15(11(2)22-23)18(25)26-12(3)17(24)21-14-8-6-7-13(20)10-14/h6-8,10,12H,4-5,9H2,1-3H3,(H,21,24)/t12-/m1/s1. The van der Waals surface area contributed by atoms with Gasteiger partial charge in [-0.25, -0.2) is 9.18 Å². The van der Waals surface area contributed by atoms with Gasteiger partial charge in [-0.1, -0.05) is 31.0 Å². The van der Waals surface area contributed by atoms with Crippen LogP contribution in [0.15, 0.2) is 24.3 Å². The van der Waals surface area contributed by atoms with Gasteiger partial charge in [0.1, 0.15) is 16.5 Å². The van der Waals surface area contributed by atoms with E-state index in [1.54, 1.807) is 11.6 Å². The molecule has 1 amide bonds. The first kappa shape index (κ1) is 19.9. The zero-order chi connectivity index (χ0) is 19.3. The summed E-state index contributed by atoms with van der Waals surface area (Å²) in [6, 6.07) is 5.44. The Morgan fingerprint density at radius 2 is 2.15 bits per heavy atom. The summed E-state index contributed by atoms with van der Waals surface area (Å²) in [5.41, 5.74) is 0.863. The Balaban J connectivity index is 2.04. The summed E-state index contributed by atoms with van der Waals surface area (Å²) in [6.45, 7) is 5.72. The van der Waals surface area contributed by atoms with Crippen LogP contribution in [0.2, 0.25) is 5.15 Å². The number of rotatable bonds is 7. The van der Waals surface area contributed by atoms with Crippen LogP contribution in [-0.2, 0) is 16.1 Å². The van der Waals surface area contributed by atoms with E-state index >= 15 is 0 Å². The maximum Gasteiger partial charge on any atom is 0.343 e. The number of nitrogens with zero attached hydrogens (tertiary/aromatic N) is 2. The molecule has 0 radical (unpaired) electrons. The highest BCUT2D eigenvalue weighted by atomic mass is 35.5. The lowest BCUT2D eigenvalue weighted by Gasteiger charge is -2.13. The lowest BCUT2D eigenvalue weighted by atomic mass is 10.2. The monoisotopic (exact) mass is 381 g/mol. The van der Waals surface area contributed by atoms with E-state index in [0.29, 0.717) is 12.2 Å². The molecule has 140 valence electrons. The second-order valence-corrected chi connectivity index (χ2v) is 6.23. The van der Waals surface area contributed by atoms with E-state index in [2.05, 4.69) is 10.4 Å². The van der Waals surface area contributed by atoms with Gasteiger partial charge in [0.2, 0.25) is 0 Å². The Morgan fingerprint density at radius 1 is 1.42 bits per heavy atom. The molecule has 0 aliphatic rings. The molecule has 1 atom stereocenters. The van der Waals surface area contributed by atoms with Crippen molar-refractivity contribution in [2.45, 2.75) is 46.3 Å². The Labute approximate surface area is 156 Å². The lowest BCUT2D eigenvalue weighted by Crippen LogP contribution is -2.30. The number of carbonyl (C=O) groups excluding carboxylic acids is 2. The van der Waals surface area contributed by atoms with Crippen molar-refractivity contribution < 1.29 is 18.7 Å². The molecule has 1 aromatic carbocycles. The normalized spacial score (nSPS) is 11.9. The number of benzene rings is 1. The van der Waals surface area contributed by atoms with Gasteiger partial charge in [-0.15, -0.1) is 0 Å². The number of halogens is 2.